The molecule has 0 saturated carbocycles. The van der Waals surface area contributed by atoms with E-state index in [9.17, 15) is 8.78 Å². The summed E-state index contributed by atoms with van der Waals surface area (Å²) in [6, 6.07) is 3.52. The van der Waals surface area contributed by atoms with Gasteiger partial charge in [-0.1, -0.05) is 11.6 Å². The van der Waals surface area contributed by atoms with Crippen LogP contribution in [0.5, 0.6) is 0 Å². The molecule has 0 aliphatic carbocycles. The third-order valence-electron chi connectivity index (χ3n) is 3.82. The number of rotatable bonds is 3. The lowest BCUT2D eigenvalue weighted by Crippen LogP contribution is -2.33. The van der Waals surface area contributed by atoms with Gasteiger partial charge in [-0.3, -0.25) is 4.90 Å². The molecule has 1 atom stereocenters. The smallest absolute Gasteiger partial charge is 0.243 e. The molecule has 1 aromatic carbocycles. The highest BCUT2D eigenvalue weighted by Crippen LogP contribution is 2.31. The van der Waals surface area contributed by atoms with E-state index in [1.165, 1.54) is 12.1 Å². The lowest BCUT2D eigenvalue weighted by molar-refractivity contribution is 0.110. The number of piperidine rings is 1. The van der Waals surface area contributed by atoms with Crippen LogP contribution in [0.3, 0.4) is 0 Å². The van der Waals surface area contributed by atoms with E-state index in [4.69, 9.17) is 4.52 Å². The normalized spacial score (nSPS) is 19.9. The first kappa shape index (κ1) is 14.1. The maximum atomic E-state index is 13.8. The third-order valence-corrected chi connectivity index (χ3v) is 3.82. The molecule has 0 amide bonds. The Balaban J connectivity index is 1.83. The molecule has 112 valence electrons. The number of halogens is 2. The van der Waals surface area contributed by atoms with E-state index in [-0.39, 0.29) is 11.9 Å². The van der Waals surface area contributed by atoms with E-state index < -0.39 is 5.82 Å². The van der Waals surface area contributed by atoms with Crippen LogP contribution >= 0.6 is 0 Å². The van der Waals surface area contributed by atoms with Crippen molar-refractivity contribution in [2.45, 2.75) is 38.8 Å². The molecule has 0 radical (unpaired) electrons. The lowest BCUT2D eigenvalue weighted by Gasteiger charge is -2.33. The Morgan fingerprint density at radius 3 is 2.95 bits per heavy atom. The van der Waals surface area contributed by atoms with Crippen LogP contribution in [0.4, 0.5) is 8.78 Å². The van der Waals surface area contributed by atoms with Gasteiger partial charge in [0.1, 0.15) is 11.6 Å². The van der Waals surface area contributed by atoms with Crippen LogP contribution in [-0.4, -0.2) is 21.6 Å². The predicted octanol–water partition coefficient (Wildman–Crippen LogP) is 3.38. The monoisotopic (exact) mass is 293 g/mol. The van der Waals surface area contributed by atoms with Crippen LogP contribution in [0, 0.1) is 18.6 Å². The van der Waals surface area contributed by atoms with E-state index in [2.05, 4.69) is 15.0 Å². The molecule has 2 heterocycles. The number of likely N-dealkylation sites (tertiary alicyclic amines) is 1. The Hall–Kier alpha value is -1.82. The summed E-state index contributed by atoms with van der Waals surface area (Å²) in [4.78, 5) is 6.36. The number of aromatic nitrogens is 2. The molecule has 0 unspecified atom stereocenters. The minimum absolute atomic E-state index is 0.0254. The van der Waals surface area contributed by atoms with Gasteiger partial charge in [0.15, 0.2) is 5.82 Å². The van der Waals surface area contributed by atoms with Crippen LogP contribution < -0.4 is 0 Å². The Labute approximate surface area is 121 Å². The summed E-state index contributed by atoms with van der Waals surface area (Å²) < 4.78 is 32.4. The molecule has 0 bridgehead atoms. The molecule has 1 fully saturated rings. The highest BCUT2D eigenvalue weighted by Gasteiger charge is 2.29. The van der Waals surface area contributed by atoms with E-state index in [1.54, 1.807) is 6.92 Å². The fourth-order valence-electron chi connectivity index (χ4n) is 2.79. The van der Waals surface area contributed by atoms with Gasteiger partial charge in [-0.2, -0.15) is 4.98 Å². The van der Waals surface area contributed by atoms with Crippen molar-refractivity contribution in [1.82, 2.24) is 15.0 Å². The summed E-state index contributed by atoms with van der Waals surface area (Å²) in [6.07, 6.45) is 2.98. The Bertz CT molecular complexity index is 629. The number of benzene rings is 1. The predicted molar refractivity (Wildman–Crippen MR) is 72.4 cm³/mol. The fraction of sp³-hybridized carbons (Fsp3) is 0.467. The number of aryl methyl sites for hydroxylation is 1. The zero-order chi connectivity index (χ0) is 14.8. The van der Waals surface area contributed by atoms with Gasteiger partial charge < -0.3 is 4.52 Å². The van der Waals surface area contributed by atoms with E-state index in [0.29, 0.717) is 23.8 Å². The summed E-state index contributed by atoms with van der Waals surface area (Å²) in [5.74, 6) is 0.340. The fourth-order valence-corrected chi connectivity index (χ4v) is 2.79. The van der Waals surface area contributed by atoms with Gasteiger partial charge in [-0.25, -0.2) is 8.78 Å². The van der Waals surface area contributed by atoms with Gasteiger partial charge in [0.25, 0.3) is 0 Å². The van der Waals surface area contributed by atoms with Crippen LogP contribution in [0.15, 0.2) is 22.7 Å². The molecule has 0 spiro atoms. The van der Waals surface area contributed by atoms with Gasteiger partial charge in [0.05, 0.1) is 6.04 Å². The van der Waals surface area contributed by atoms with E-state index in [0.717, 1.165) is 31.9 Å². The molecule has 1 aromatic heterocycles. The first-order chi connectivity index (χ1) is 10.1. The van der Waals surface area contributed by atoms with Crippen molar-refractivity contribution in [3.05, 3.63) is 47.1 Å². The molecule has 0 N–H and O–H groups in total. The van der Waals surface area contributed by atoms with Crippen LogP contribution in [0.1, 0.15) is 42.6 Å². The summed E-state index contributed by atoms with van der Waals surface area (Å²) in [6.45, 7) is 2.92. The summed E-state index contributed by atoms with van der Waals surface area (Å²) in [5, 5.41) is 3.82. The summed E-state index contributed by atoms with van der Waals surface area (Å²) in [5.41, 5.74) is 0.359. The highest BCUT2D eigenvalue weighted by atomic mass is 19.1. The first-order valence-electron chi connectivity index (χ1n) is 7.11. The molecule has 3 rings (SSSR count). The average Bonchev–Trinajstić information content (AvgIpc) is 2.90. The summed E-state index contributed by atoms with van der Waals surface area (Å²) >= 11 is 0. The Morgan fingerprint density at radius 2 is 2.19 bits per heavy atom. The van der Waals surface area contributed by atoms with Gasteiger partial charge in [0.2, 0.25) is 5.89 Å². The second-order valence-electron chi connectivity index (χ2n) is 5.40. The summed E-state index contributed by atoms with van der Waals surface area (Å²) in [7, 11) is 0. The SMILES string of the molecule is Cc1noc([C@@H]2CCCCN2Cc2cc(F)ccc2F)n1. The van der Waals surface area contributed by atoms with E-state index in [1.807, 2.05) is 0 Å². The molecule has 21 heavy (non-hydrogen) atoms. The maximum absolute atomic E-state index is 13.8. The molecule has 6 heteroatoms. The highest BCUT2D eigenvalue weighted by molar-refractivity contribution is 5.19. The average molecular weight is 293 g/mol. The van der Waals surface area contributed by atoms with Gasteiger partial charge in [-0.15, -0.1) is 0 Å². The first-order valence-corrected chi connectivity index (χ1v) is 7.11. The van der Waals surface area contributed by atoms with Crippen molar-refractivity contribution >= 4 is 0 Å². The maximum Gasteiger partial charge on any atom is 0.243 e. The van der Waals surface area contributed by atoms with Crippen molar-refractivity contribution < 1.29 is 13.3 Å². The lowest BCUT2D eigenvalue weighted by atomic mass is 10.0. The standard InChI is InChI=1S/C15H17F2N3O/c1-10-18-15(21-19-10)14-4-2-3-7-20(14)9-11-8-12(16)5-6-13(11)17/h5-6,8,14H,2-4,7,9H2,1H3/t14-/m0/s1. The molecular formula is C15H17F2N3O. The van der Waals surface area contributed by atoms with Crippen LogP contribution in [0.25, 0.3) is 0 Å². The zero-order valence-corrected chi connectivity index (χ0v) is 11.9. The molecular weight excluding hydrogens is 276 g/mol. The van der Waals surface area contributed by atoms with Crippen LogP contribution in [-0.2, 0) is 6.54 Å². The van der Waals surface area contributed by atoms with Crippen molar-refractivity contribution in [3.63, 3.8) is 0 Å². The van der Waals surface area contributed by atoms with Crippen LogP contribution in [0.2, 0.25) is 0 Å². The van der Waals surface area contributed by atoms with Crippen molar-refractivity contribution in [2.24, 2.45) is 0 Å². The minimum Gasteiger partial charge on any atom is -0.338 e. The second-order valence-corrected chi connectivity index (χ2v) is 5.40. The van der Waals surface area contributed by atoms with Gasteiger partial charge in [-0.05, 0) is 44.5 Å². The molecule has 1 saturated heterocycles. The molecule has 1 aliphatic heterocycles. The topological polar surface area (TPSA) is 42.2 Å². The molecule has 2 aromatic rings. The Morgan fingerprint density at radius 1 is 1.33 bits per heavy atom. The van der Waals surface area contributed by atoms with E-state index >= 15 is 0 Å². The second kappa shape index (κ2) is 5.89. The van der Waals surface area contributed by atoms with Crippen molar-refractivity contribution in [1.29, 1.82) is 0 Å². The largest absolute Gasteiger partial charge is 0.338 e. The van der Waals surface area contributed by atoms with Gasteiger partial charge >= 0.3 is 0 Å². The van der Waals surface area contributed by atoms with Gasteiger partial charge in [0, 0.05) is 12.1 Å². The Kier molecular flexibility index (Phi) is 3.96. The number of hydrogen-bond donors (Lipinski definition) is 0. The van der Waals surface area contributed by atoms with Crippen molar-refractivity contribution in [3.8, 4) is 0 Å². The zero-order valence-electron chi connectivity index (χ0n) is 11.9. The quantitative estimate of drug-likeness (QED) is 0.870. The number of nitrogens with zero attached hydrogens (tertiary/aromatic N) is 3. The molecule has 4 nitrogen and oxygen atoms in total. The third kappa shape index (κ3) is 3.10. The minimum atomic E-state index is -0.423. The van der Waals surface area contributed by atoms with Crippen molar-refractivity contribution in [2.75, 3.05) is 6.54 Å². The molecule has 1 aliphatic rings. The number of hydrogen-bond acceptors (Lipinski definition) is 4.